The van der Waals surface area contributed by atoms with Gasteiger partial charge in [-0.1, -0.05) is 12.1 Å². The summed E-state index contributed by atoms with van der Waals surface area (Å²) in [6.07, 6.45) is 0. The number of benzene rings is 2. The largest absolute Gasteiger partial charge is 0.769 e. The van der Waals surface area contributed by atoms with Crippen molar-refractivity contribution in [2.45, 2.75) is 6.54 Å². The molecule has 2 aromatic carbocycles. The van der Waals surface area contributed by atoms with Crippen molar-refractivity contribution in [3.8, 4) is 0 Å². The van der Waals surface area contributed by atoms with Gasteiger partial charge in [-0.25, -0.2) is 0 Å². The van der Waals surface area contributed by atoms with Gasteiger partial charge in [0.05, 0.1) is 5.69 Å². The Kier molecular flexibility index (Phi) is 5.78. The van der Waals surface area contributed by atoms with Gasteiger partial charge in [-0.05, 0) is 35.9 Å². The molecular formula is C16H18N4O5-2. The van der Waals surface area contributed by atoms with Gasteiger partial charge in [0.15, 0.2) is 0 Å². The zero-order valence-corrected chi connectivity index (χ0v) is 13.7. The lowest BCUT2D eigenvalue weighted by atomic mass is 10.1. The van der Waals surface area contributed by atoms with E-state index in [4.69, 9.17) is 10.4 Å². The van der Waals surface area contributed by atoms with Gasteiger partial charge < -0.3 is 25.9 Å². The van der Waals surface area contributed by atoms with E-state index in [2.05, 4.69) is 5.32 Å². The smallest absolute Gasteiger partial charge is 0.251 e. The number of anilines is 3. The second kappa shape index (κ2) is 7.81. The number of carbonyl (C=O) groups is 1. The van der Waals surface area contributed by atoms with Crippen LogP contribution >= 0.6 is 0 Å². The first-order valence-corrected chi connectivity index (χ1v) is 7.30. The van der Waals surface area contributed by atoms with Gasteiger partial charge in [-0.2, -0.15) is 0 Å². The number of hydrogen-bond donors (Lipinski definition) is 3. The molecule has 0 aliphatic rings. The minimum absolute atomic E-state index is 0.0535. The minimum Gasteiger partial charge on any atom is -0.769 e. The van der Waals surface area contributed by atoms with Crippen LogP contribution in [0.1, 0.15) is 15.9 Å². The van der Waals surface area contributed by atoms with E-state index in [0.29, 0.717) is 0 Å². The number of carbonyl (C=O) groups excluding carboxylic acids is 1. The average Bonchev–Trinajstić information content (AvgIpc) is 2.59. The standard InChI is InChI=1S/C16H18N4O5/c1-18(2)13-5-3-11(4-6-13)10-17-16(21)12-7-14(19(22)23)9-15(8-12)20(24)25/h3-9,22-23H,10H2,1-2H3,(H,17,21)/q-2. The van der Waals surface area contributed by atoms with Crippen molar-refractivity contribution in [2.24, 2.45) is 0 Å². The van der Waals surface area contributed by atoms with Gasteiger partial charge in [-0.15, -0.1) is 5.23 Å². The Morgan fingerprint density at radius 3 is 2.12 bits per heavy atom. The van der Waals surface area contributed by atoms with Crippen molar-refractivity contribution in [3.63, 3.8) is 0 Å². The molecule has 1 amide bonds. The Morgan fingerprint density at radius 2 is 1.60 bits per heavy atom. The predicted octanol–water partition coefficient (Wildman–Crippen LogP) is 2.07. The van der Waals surface area contributed by atoms with Crippen molar-refractivity contribution >= 4 is 23.0 Å². The fourth-order valence-electron chi connectivity index (χ4n) is 2.14. The van der Waals surface area contributed by atoms with E-state index in [1.54, 1.807) is 0 Å². The van der Waals surface area contributed by atoms with Crippen molar-refractivity contribution in [2.75, 3.05) is 29.4 Å². The van der Waals surface area contributed by atoms with Crippen molar-refractivity contribution in [3.05, 3.63) is 64.0 Å². The Balaban J connectivity index is 2.12. The fourth-order valence-corrected chi connectivity index (χ4v) is 2.14. The third kappa shape index (κ3) is 4.81. The van der Waals surface area contributed by atoms with Crippen LogP contribution < -0.4 is 20.7 Å². The number of hydrogen-bond acceptors (Lipinski definition) is 8. The molecule has 0 aromatic heterocycles. The molecule has 0 bridgehead atoms. The summed E-state index contributed by atoms with van der Waals surface area (Å²) in [5, 5.41) is 41.5. The first-order chi connectivity index (χ1) is 11.8. The number of rotatable bonds is 6. The second-order valence-electron chi connectivity index (χ2n) is 5.53. The molecule has 2 rings (SSSR count). The summed E-state index contributed by atoms with van der Waals surface area (Å²) in [5.41, 5.74) is 1.11. The molecule has 0 saturated heterocycles. The second-order valence-corrected chi connectivity index (χ2v) is 5.53. The highest BCUT2D eigenvalue weighted by molar-refractivity contribution is 5.96. The monoisotopic (exact) mass is 346 g/mol. The van der Waals surface area contributed by atoms with E-state index in [-0.39, 0.29) is 23.0 Å². The number of nitrogens with zero attached hydrogens (tertiary/aromatic N) is 3. The summed E-state index contributed by atoms with van der Waals surface area (Å²) in [6.45, 7) is 0.229. The maximum absolute atomic E-state index is 12.2. The van der Waals surface area contributed by atoms with Crippen LogP contribution in [0, 0.1) is 10.4 Å². The molecule has 0 aliphatic heterocycles. The van der Waals surface area contributed by atoms with Gasteiger partial charge in [0, 0.05) is 37.6 Å². The van der Waals surface area contributed by atoms with Crippen LogP contribution in [-0.2, 0) is 6.54 Å². The fraction of sp³-hybridized carbons (Fsp3) is 0.188. The molecule has 0 fully saturated rings. The highest BCUT2D eigenvalue weighted by Crippen LogP contribution is 2.23. The summed E-state index contributed by atoms with van der Waals surface area (Å²) >= 11 is 0. The van der Waals surface area contributed by atoms with Crippen LogP contribution in [0.3, 0.4) is 0 Å². The predicted molar refractivity (Wildman–Crippen MR) is 93.6 cm³/mol. The zero-order chi connectivity index (χ0) is 18.6. The van der Waals surface area contributed by atoms with E-state index in [1.165, 1.54) is 0 Å². The quantitative estimate of drug-likeness (QED) is 0.679. The van der Waals surface area contributed by atoms with Crippen LogP contribution in [0.4, 0.5) is 17.1 Å². The van der Waals surface area contributed by atoms with Crippen molar-refractivity contribution in [1.29, 1.82) is 0 Å². The summed E-state index contributed by atoms with van der Waals surface area (Å²) < 4.78 is 0. The molecule has 9 heteroatoms. The maximum atomic E-state index is 12.2. The van der Waals surface area contributed by atoms with Crippen LogP contribution in [-0.4, -0.2) is 30.4 Å². The lowest BCUT2D eigenvalue weighted by Gasteiger charge is -2.38. The van der Waals surface area contributed by atoms with E-state index < -0.39 is 16.8 Å². The van der Waals surface area contributed by atoms with Crippen molar-refractivity contribution in [1.82, 2.24) is 5.32 Å². The van der Waals surface area contributed by atoms with E-state index in [0.717, 1.165) is 29.4 Å². The van der Waals surface area contributed by atoms with Crippen LogP contribution in [0.25, 0.3) is 0 Å². The highest BCUT2D eigenvalue weighted by atomic mass is 16.8. The Bertz CT molecular complexity index is 706. The summed E-state index contributed by atoms with van der Waals surface area (Å²) in [5.74, 6) is -0.566. The van der Waals surface area contributed by atoms with E-state index in [1.807, 2.05) is 43.3 Å². The molecule has 25 heavy (non-hydrogen) atoms. The normalized spacial score (nSPS) is 10.3. The van der Waals surface area contributed by atoms with Crippen LogP contribution in [0.5, 0.6) is 0 Å². The molecule has 3 N–H and O–H groups in total. The van der Waals surface area contributed by atoms with Gasteiger partial charge in [0.1, 0.15) is 0 Å². The Morgan fingerprint density at radius 1 is 1.00 bits per heavy atom. The molecule has 2 aromatic rings. The Hall–Kier alpha value is -2.85. The molecule has 0 radical (unpaired) electrons. The lowest BCUT2D eigenvalue weighted by Crippen LogP contribution is -2.24. The maximum Gasteiger partial charge on any atom is 0.251 e. The third-order valence-electron chi connectivity index (χ3n) is 3.51. The number of amides is 1. The molecule has 0 heterocycles. The molecule has 9 nitrogen and oxygen atoms in total. The number of nitrogens with one attached hydrogen (secondary N) is 1. The average molecular weight is 346 g/mol. The van der Waals surface area contributed by atoms with Crippen molar-refractivity contribution < 1.29 is 15.2 Å². The molecule has 0 saturated carbocycles. The Labute approximate surface area is 144 Å². The zero-order valence-electron chi connectivity index (χ0n) is 13.7. The first kappa shape index (κ1) is 18.5. The SMILES string of the molecule is CN(C)c1ccc(CNC(=O)c2cc(N([O-])[O-])cc(N(O)O)c2)cc1. The first-order valence-electron chi connectivity index (χ1n) is 7.30. The summed E-state index contributed by atoms with van der Waals surface area (Å²) in [4.78, 5) is 14.2. The molecule has 0 aliphatic carbocycles. The summed E-state index contributed by atoms with van der Waals surface area (Å²) in [7, 11) is 3.84. The molecule has 0 atom stereocenters. The van der Waals surface area contributed by atoms with Gasteiger partial charge in [0.2, 0.25) is 0 Å². The van der Waals surface area contributed by atoms with Gasteiger partial charge in [-0.3, -0.25) is 15.2 Å². The van der Waals surface area contributed by atoms with Crippen LogP contribution in [0.15, 0.2) is 42.5 Å². The highest BCUT2D eigenvalue weighted by Gasteiger charge is 2.11. The minimum atomic E-state index is -0.718. The van der Waals surface area contributed by atoms with Crippen LogP contribution in [0.2, 0.25) is 0 Å². The van der Waals surface area contributed by atoms with E-state index >= 15 is 0 Å². The summed E-state index contributed by atoms with van der Waals surface area (Å²) in [6, 6.07) is 10.7. The molecular weight excluding hydrogens is 328 g/mol. The van der Waals surface area contributed by atoms with Gasteiger partial charge >= 0.3 is 0 Å². The molecule has 0 unspecified atom stereocenters. The lowest BCUT2D eigenvalue weighted by molar-refractivity contribution is 0.0291. The molecule has 0 spiro atoms. The molecule has 134 valence electrons. The van der Waals surface area contributed by atoms with E-state index in [9.17, 15) is 15.2 Å². The topological polar surface area (TPSA) is 125 Å². The van der Waals surface area contributed by atoms with Gasteiger partial charge in [0.25, 0.3) is 5.91 Å². The third-order valence-corrected chi connectivity index (χ3v) is 3.51.